The monoisotopic (exact) mass is 344 g/mol. The summed E-state index contributed by atoms with van der Waals surface area (Å²) in [5.41, 5.74) is 2.01. The summed E-state index contributed by atoms with van der Waals surface area (Å²) in [6, 6.07) is 19.3. The third kappa shape index (κ3) is 6.85. The van der Waals surface area contributed by atoms with Crippen LogP contribution in [0.2, 0.25) is 0 Å². The summed E-state index contributed by atoms with van der Waals surface area (Å²) in [6.07, 6.45) is 1.20. The highest BCUT2D eigenvalue weighted by molar-refractivity contribution is 8.13. The summed E-state index contributed by atoms with van der Waals surface area (Å²) >= 11 is 1.32. The molecule has 126 valence electrons. The first-order valence-electron chi connectivity index (χ1n) is 7.47. The van der Waals surface area contributed by atoms with E-state index in [0.717, 1.165) is 11.1 Å². The lowest BCUT2D eigenvalue weighted by atomic mass is 10.2. The highest BCUT2D eigenvalue weighted by Crippen LogP contribution is 2.04. The molecular weight excluding hydrogens is 324 g/mol. The van der Waals surface area contributed by atoms with Crippen LogP contribution < -0.4 is 5.32 Å². The van der Waals surface area contributed by atoms with E-state index >= 15 is 0 Å². The maximum Gasteiger partial charge on any atom is 0.436 e. The van der Waals surface area contributed by atoms with E-state index in [4.69, 9.17) is 9.47 Å². The Balaban J connectivity index is 1.71. The Hall–Kier alpha value is -2.31. The van der Waals surface area contributed by atoms with Gasteiger partial charge in [-0.25, -0.2) is 4.79 Å². The molecule has 2 aromatic carbocycles. The number of thioether (sulfide) groups is 1. The highest BCUT2D eigenvalue weighted by Gasteiger charge is 2.04. The zero-order chi connectivity index (χ0) is 17.0. The van der Waals surface area contributed by atoms with E-state index in [2.05, 4.69) is 10.3 Å². The van der Waals surface area contributed by atoms with Crippen LogP contribution in [0, 0.1) is 0 Å². The standard InChI is InChI=1S/C18H20N2O3S/c1-24-17(19-14-22-12-15-8-4-2-5-9-15)20-18(21)23-13-16-10-6-3-7-11-16/h2-11H,12-14H2,1H3,(H,19,20,21). The van der Waals surface area contributed by atoms with Crippen molar-refractivity contribution in [2.75, 3.05) is 13.0 Å². The zero-order valence-corrected chi connectivity index (χ0v) is 14.3. The predicted molar refractivity (Wildman–Crippen MR) is 96.8 cm³/mol. The van der Waals surface area contributed by atoms with Crippen molar-refractivity contribution in [1.82, 2.24) is 5.32 Å². The second kappa shape index (κ2) is 10.5. The van der Waals surface area contributed by atoms with Crippen molar-refractivity contribution in [3.05, 3.63) is 71.8 Å². The minimum atomic E-state index is -0.626. The summed E-state index contributed by atoms with van der Waals surface area (Å²) in [5, 5.41) is 3.42. The number of carbonyl (C=O) groups is 1. The fourth-order valence-corrected chi connectivity index (χ4v) is 2.22. The van der Waals surface area contributed by atoms with E-state index in [9.17, 15) is 4.79 Å². The number of nitrogens with zero attached hydrogens (tertiary/aromatic N) is 1. The predicted octanol–water partition coefficient (Wildman–Crippen LogP) is 3.81. The Labute approximate surface area is 146 Å². The number of hydrogen-bond donors (Lipinski definition) is 1. The molecule has 0 atom stereocenters. The van der Waals surface area contributed by atoms with Gasteiger partial charge in [-0.15, -0.1) is 0 Å². The molecule has 0 aromatic heterocycles. The summed E-state index contributed by atoms with van der Waals surface area (Å²) < 4.78 is 10.6. The first-order chi connectivity index (χ1) is 11.8. The van der Waals surface area contributed by atoms with Gasteiger partial charge in [0.2, 0.25) is 0 Å². The molecular formula is C18H20N2O3S. The van der Waals surface area contributed by atoms with Crippen LogP contribution >= 0.6 is 11.8 Å². The lowest BCUT2D eigenvalue weighted by molar-refractivity contribution is 0.116. The van der Waals surface area contributed by atoms with Gasteiger partial charge >= 0.3 is 6.09 Å². The third-order valence-corrected chi connectivity index (χ3v) is 3.65. The molecule has 0 bridgehead atoms. The van der Waals surface area contributed by atoms with Crippen LogP contribution in [0.25, 0.3) is 0 Å². The van der Waals surface area contributed by atoms with Gasteiger partial charge in [-0.2, -0.15) is 4.99 Å². The molecule has 0 heterocycles. The number of rotatable bonds is 6. The quantitative estimate of drug-likeness (QED) is 0.374. The summed E-state index contributed by atoms with van der Waals surface area (Å²) in [4.78, 5) is 15.6. The van der Waals surface area contributed by atoms with Gasteiger partial charge in [0.1, 0.15) is 13.3 Å². The first kappa shape index (κ1) is 18.0. The van der Waals surface area contributed by atoms with Crippen molar-refractivity contribution in [2.24, 2.45) is 4.99 Å². The van der Waals surface area contributed by atoms with Gasteiger partial charge < -0.3 is 14.8 Å². The lowest BCUT2D eigenvalue weighted by Gasteiger charge is -2.08. The SMILES string of the molecule is CS/C(=N\C(=O)OCc1ccccc1)NCOCc1ccccc1. The summed E-state index contributed by atoms with van der Waals surface area (Å²) in [6.45, 7) is 0.962. The molecule has 24 heavy (non-hydrogen) atoms. The number of carbonyl (C=O) groups excluding carboxylic acids is 1. The first-order valence-corrected chi connectivity index (χ1v) is 8.69. The molecule has 0 radical (unpaired) electrons. The average Bonchev–Trinajstić information content (AvgIpc) is 2.64. The molecule has 2 rings (SSSR count). The Bertz CT molecular complexity index is 648. The molecule has 0 aliphatic heterocycles. The van der Waals surface area contributed by atoms with Gasteiger partial charge in [-0.1, -0.05) is 72.4 Å². The Kier molecular flexibility index (Phi) is 7.86. The molecule has 0 unspecified atom stereocenters. The molecule has 0 spiro atoms. The third-order valence-electron chi connectivity index (χ3n) is 3.03. The fourth-order valence-electron chi connectivity index (χ4n) is 1.85. The van der Waals surface area contributed by atoms with Crippen molar-refractivity contribution in [2.45, 2.75) is 13.2 Å². The minimum Gasteiger partial charge on any atom is -0.443 e. The normalized spacial score (nSPS) is 11.1. The van der Waals surface area contributed by atoms with Gasteiger partial charge in [0.15, 0.2) is 5.17 Å². The number of benzene rings is 2. The number of amides is 1. The number of nitrogens with one attached hydrogen (secondary N) is 1. The van der Waals surface area contributed by atoms with Gasteiger partial charge in [-0.05, 0) is 17.4 Å². The van der Waals surface area contributed by atoms with Crippen molar-refractivity contribution < 1.29 is 14.3 Å². The molecule has 2 aromatic rings. The van der Waals surface area contributed by atoms with Gasteiger partial charge in [0.25, 0.3) is 0 Å². The van der Waals surface area contributed by atoms with E-state index in [1.54, 1.807) is 0 Å². The van der Waals surface area contributed by atoms with Crippen LogP contribution in [0.3, 0.4) is 0 Å². The number of hydrogen-bond acceptors (Lipinski definition) is 4. The van der Waals surface area contributed by atoms with Crippen LogP contribution in [-0.4, -0.2) is 24.2 Å². The molecule has 1 N–H and O–H groups in total. The van der Waals surface area contributed by atoms with E-state index in [-0.39, 0.29) is 13.3 Å². The van der Waals surface area contributed by atoms with Crippen molar-refractivity contribution in [3.8, 4) is 0 Å². The van der Waals surface area contributed by atoms with E-state index < -0.39 is 6.09 Å². The zero-order valence-electron chi connectivity index (χ0n) is 13.5. The number of amidine groups is 1. The van der Waals surface area contributed by atoms with E-state index in [1.807, 2.05) is 66.9 Å². The second-order valence-corrected chi connectivity index (χ2v) is 5.61. The van der Waals surface area contributed by atoms with Crippen LogP contribution in [-0.2, 0) is 22.7 Å². The number of ether oxygens (including phenoxy) is 2. The van der Waals surface area contributed by atoms with Crippen LogP contribution in [0.1, 0.15) is 11.1 Å². The molecule has 5 nitrogen and oxygen atoms in total. The summed E-state index contributed by atoms with van der Waals surface area (Å²) in [7, 11) is 0. The molecule has 1 amide bonds. The molecule has 0 aliphatic carbocycles. The molecule has 0 saturated heterocycles. The van der Waals surface area contributed by atoms with E-state index in [0.29, 0.717) is 11.8 Å². The van der Waals surface area contributed by atoms with Crippen LogP contribution in [0.15, 0.2) is 65.7 Å². The van der Waals surface area contributed by atoms with Crippen molar-refractivity contribution in [3.63, 3.8) is 0 Å². The minimum absolute atomic E-state index is 0.204. The molecule has 0 saturated carbocycles. The fraction of sp³-hybridized carbons (Fsp3) is 0.222. The van der Waals surface area contributed by atoms with Crippen molar-refractivity contribution in [1.29, 1.82) is 0 Å². The molecule has 0 aliphatic rings. The number of aliphatic imine (C=N–C) groups is 1. The Morgan fingerprint density at radius 2 is 1.58 bits per heavy atom. The lowest BCUT2D eigenvalue weighted by Crippen LogP contribution is -2.24. The van der Waals surface area contributed by atoms with Gasteiger partial charge in [-0.3, -0.25) is 0 Å². The van der Waals surface area contributed by atoms with Crippen LogP contribution in [0.5, 0.6) is 0 Å². The topological polar surface area (TPSA) is 59.9 Å². The Morgan fingerprint density at radius 3 is 2.17 bits per heavy atom. The molecule has 0 fully saturated rings. The maximum absolute atomic E-state index is 11.7. The second-order valence-electron chi connectivity index (χ2n) is 4.82. The largest absolute Gasteiger partial charge is 0.443 e. The average molecular weight is 344 g/mol. The molecule has 6 heteroatoms. The van der Waals surface area contributed by atoms with Gasteiger partial charge in [0.05, 0.1) is 6.61 Å². The highest BCUT2D eigenvalue weighted by atomic mass is 32.2. The van der Waals surface area contributed by atoms with Crippen LogP contribution in [0.4, 0.5) is 4.79 Å². The summed E-state index contributed by atoms with van der Waals surface area (Å²) in [5.74, 6) is 0. The Morgan fingerprint density at radius 1 is 1.00 bits per heavy atom. The van der Waals surface area contributed by atoms with E-state index in [1.165, 1.54) is 11.8 Å². The van der Waals surface area contributed by atoms with Crippen molar-refractivity contribution >= 4 is 23.0 Å². The maximum atomic E-state index is 11.7. The smallest absolute Gasteiger partial charge is 0.436 e. The van der Waals surface area contributed by atoms with Gasteiger partial charge in [0, 0.05) is 0 Å².